The van der Waals surface area contributed by atoms with Gasteiger partial charge in [0.1, 0.15) is 18.1 Å². The number of hydrogen-bond donors (Lipinski definition) is 2. The van der Waals surface area contributed by atoms with Gasteiger partial charge in [0.2, 0.25) is 5.91 Å². The SMILES string of the molecule is CCC(C)(NC(=O)OCC1c2ccccc2-c2ccccc21)C(=O)N1CC(C(=O)O)C(F)(F)C1. The highest BCUT2D eigenvalue weighted by Crippen LogP contribution is 2.44. The van der Waals surface area contributed by atoms with Crippen molar-refractivity contribution in [2.45, 2.75) is 37.6 Å². The number of aliphatic carboxylic acids is 1. The molecule has 0 aromatic heterocycles. The second-order valence-electron chi connectivity index (χ2n) is 8.97. The van der Waals surface area contributed by atoms with Crippen LogP contribution in [0.15, 0.2) is 48.5 Å². The van der Waals surface area contributed by atoms with Crippen LogP contribution in [0.25, 0.3) is 11.1 Å². The van der Waals surface area contributed by atoms with Gasteiger partial charge in [0.15, 0.2) is 0 Å². The van der Waals surface area contributed by atoms with Crippen LogP contribution in [0.4, 0.5) is 13.6 Å². The van der Waals surface area contributed by atoms with E-state index in [1.54, 1.807) is 6.92 Å². The standard InChI is InChI=1S/C25H26F2N2O5/c1-3-24(2,22(32)29-12-20(21(30)31)25(26,27)14-29)28-23(33)34-13-19-17-10-6-4-8-15(17)16-9-5-7-11-18(16)19/h4-11,19-20H,3,12-14H2,1-2H3,(H,28,33)(H,30,31). The average molecular weight is 472 g/mol. The summed E-state index contributed by atoms with van der Waals surface area (Å²) in [5.74, 6) is -8.13. The van der Waals surface area contributed by atoms with Crippen LogP contribution in [0, 0.1) is 5.92 Å². The van der Waals surface area contributed by atoms with Gasteiger partial charge >= 0.3 is 12.1 Å². The van der Waals surface area contributed by atoms with Crippen LogP contribution in [0.3, 0.4) is 0 Å². The molecule has 1 aliphatic carbocycles. The lowest BCUT2D eigenvalue weighted by Crippen LogP contribution is -2.57. The number of benzene rings is 2. The van der Waals surface area contributed by atoms with E-state index in [4.69, 9.17) is 9.84 Å². The number of rotatable bonds is 6. The molecule has 2 N–H and O–H groups in total. The van der Waals surface area contributed by atoms with E-state index in [9.17, 15) is 23.2 Å². The molecule has 1 heterocycles. The Morgan fingerprint density at radius 3 is 2.18 bits per heavy atom. The first-order valence-electron chi connectivity index (χ1n) is 11.1. The van der Waals surface area contributed by atoms with Crippen LogP contribution in [0.1, 0.15) is 37.3 Å². The van der Waals surface area contributed by atoms with E-state index < -0.39 is 48.4 Å². The number of fused-ring (bicyclic) bond motifs is 3. The van der Waals surface area contributed by atoms with Crippen LogP contribution in [0.2, 0.25) is 0 Å². The van der Waals surface area contributed by atoms with Crippen LogP contribution < -0.4 is 5.32 Å². The minimum absolute atomic E-state index is 0.0384. The maximum absolute atomic E-state index is 14.1. The van der Waals surface area contributed by atoms with Crippen LogP contribution in [-0.4, -0.2) is 59.1 Å². The zero-order valence-corrected chi connectivity index (χ0v) is 18.9. The van der Waals surface area contributed by atoms with Gasteiger partial charge < -0.3 is 20.1 Å². The Bertz CT molecular complexity index is 1090. The molecule has 4 rings (SSSR count). The molecule has 2 amide bonds. The number of carboxylic acids is 1. The van der Waals surface area contributed by atoms with Crippen molar-refractivity contribution in [1.82, 2.24) is 10.2 Å². The molecule has 1 fully saturated rings. The van der Waals surface area contributed by atoms with E-state index in [1.165, 1.54) is 6.92 Å². The van der Waals surface area contributed by atoms with E-state index in [-0.39, 0.29) is 18.9 Å². The van der Waals surface area contributed by atoms with E-state index >= 15 is 0 Å². The number of ether oxygens (including phenoxy) is 1. The number of likely N-dealkylation sites (tertiary alicyclic amines) is 1. The molecule has 0 bridgehead atoms. The van der Waals surface area contributed by atoms with Crippen LogP contribution >= 0.6 is 0 Å². The first-order chi connectivity index (χ1) is 16.1. The summed E-state index contributed by atoms with van der Waals surface area (Å²) in [4.78, 5) is 37.6. The Morgan fingerprint density at radius 1 is 1.12 bits per heavy atom. The Kier molecular flexibility index (Phi) is 6.05. The minimum atomic E-state index is -3.54. The van der Waals surface area contributed by atoms with Gasteiger partial charge in [-0.05, 0) is 35.6 Å². The number of carboxylic acid groups (broad SMARTS) is 1. The van der Waals surface area contributed by atoms with Gasteiger partial charge in [0.05, 0.1) is 6.54 Å². The van der Waals surface area contributed by atoms with Gasteiger partial charge in [-0.1, -0.05) is 55.5 Å². The number of carbonyl (C=O) groups excluding carboxylic acids is 2. The highest BCUT2D eigenvalue weighted by atomic mass is 19.3. The number of alkyl carbamates (subject to hydrolysis) is 1. The molecule has 0 radical (unpaired) electrons. The zero-order chi connectivity index (χ0) is 24.7. The molecule has 34 heavy (non-hydrogen) atoms. The third kappa shape index (κ3) is 4.10. The molecular formula is C25H26F2N2O5. The Hall–Kier alpha value is -3.49. The molecule has 180 valence electrons. The van der Waals surface area contributed by atoms with Crippen LogP contribution in [-0.2, 0) is 14.3 Å². The molecule has 7 nitrogen and oxygen atoms in total. The minimum Gasteiger partial charge on any atom is -0.481 e. The van der Waals surface area contributed by atoms with Gasteiger partial charge in [-0.3, -0.25) is 9.59 Å². The summed E-state index contributed by atoms with van der Waals surface area (Å²) in [6.45, 7) is 1.46. The lowest BCUT2D eigenvalue weighted by Gasteiger charge is -2.32. The van der Waals surface area contributed by atoms with Crippen molar-refractivity contribution in [1.29, 1.82) is 0 Å². The predicted molar refractivity (Wildman–Crippen MR) is 120 cm³/mol. The number of hydrogen-bond acceptors (Lipinski definition) is 4. The number of halogens is 2. The first kappa shape index (κ1) is 23.7. The lowest BCUT2D eigenvalue weighted by atomic mass is 9.97. The quantitative estimate of drug-likeness (QED) is 0.666. The van der Waals surface area contributed by atoms with Gasteiger partial charge in [-0.25, -0.2) is 13.6 Å². The summed E-state index contributed by atoms with van der Waals surface area (Å²) >= 11 is 0. The van der Waals surface area contributed by atoms with E-state index in [1.807, 2.05) is 48.5 Å². The smallest absolute Gasteiger partial charge is 0.408 e. The van der Waals surface area contributed by atoms with Crippen molar-refractivity contribution in [2.24, 2.45) is 5.92 Å². The number of nitrogens with one attached hydrogen (secondary N) is 1. The predicted octanol–water partition coefficient (Wildman–Crippen LogP) is 3.87. The topological polar surface area (TPSA) is 95.9 Å². The highest BCUT2D eigenvalue weighted by Gasteiger charge is 2.55. The summed E-state index contributed by atoms with van der Waals surface area (Å²) in [6.07, 6.45) is -0.740. The summed E-state index contributed by atoms with van der Waals surface area (Å²) < 4.78 is 33.6. The maximum Gasteiger partial charge on any atom is 0.408 e. The molecular weight excluding hydrogens is 446 g/mol. The largest absolute Gasteiger partial charge is 0.481 e. The van der Waals surface area contributed by atoms with Gasteiger partial charge in [0.25, 0.3) is 5.92 Å². The molecule has 2 unspecified atom stereocenters. The Morgan fingerprint density at radius 2 is 1.68 bits per heavy atom. The summed E-state index contributed by atoms with van der Waals surface area (Å²) in [6, 6.07) is 15.7. The molecule has 2 aromatic carbocycles. The average Bonchev–Trinajstić information content (AvgIpc) is 3.31. The molecule has 2 aromatic rings. The Balaban J connectivity index is 1.44. The van der Waals surface area contributed by atoms with Crippen molar-refractivity contribution in [3.8, 4) is 11.1 Å². The van der Waals surface area contributed by atoms with Gasteiger partial charge in [0, 0.05) is 12.5 Å². The Labute approximate surface area is 195 Å². The molecule has 1 aliphatic heterocycles. The summed E-state index contributed by atoms with van der Waals surface area (Å²) in [7, 11) is 0. The second kappa shape index (κ2) is 8.70. The molecule has 1 saturated heterocycles. The van der Waals surface area contributed by atoms with E-state index in [0.29, 0.717) is 0 Å². The van der Waals surface area contributed by atoms with Crippen molar-refractivity contribution in [2.75, 3.05) is 19.7 Å². The highest BCUT2D eigenvalue weighted by molar-refractivity contribution is 5.90. The number of nitrogens with zero attached hydrogens (tertiary/aromatic N) is 1. The molecule has 9 heteroatoms. The first-order valence-corrected chi connectivity index (χ1v) is 11.1. The second-order valence-corrected chi connectivity index (χ2v) is 8.97. The fraction of sp³-hybridized carbons (Fsp3) is 0.400. The van der Waals surface area contributed by atoms with Gasteiger partial charge in [-0.15, -0.1) is 0 Å². The molecule has 2 aliphatic rings. The van der Waals surface area contributed by atoms with Crippen molar-refractivity contribution < 1.29 is 33.0 Å². The van der Waals surface area contributed by atoms with E-state index in [0.717, 1.165) is 27.2 Å². The van der Waals surface area contributed by atoms with Gasteiger partial charge in [-0.2, -0.15) is 0 Å². The zero-order valence-electron chi connectivity index (χ0n) is 18.9. The van der Waals surface area contributed by atoms with Crippen LogP contribution in [0.5, 0.6) is 0 Å². The summed E-state index contributed by atoms with van der Waals surface area (Å²) in [5.41, 5.74) is 2.69. The number of carbonyl (C=O) groups is 3. The van der Waals surface area contributed by atoms with Crippen molar-refractivity contribution in [3.05, 3.63) is 59.7 Å². The maximum atomic E-state index is 14.1. The van der Waals surface area contributed by atoms with E-state index in [2.05, 4.69) is 5.32 Å². The lowest BCUT2D eigenvalue weighted by molar-refractivity contribution is -0.151. The third-order valence-electron chi connectivity index (χ3n) is 6.80. The normalized spacial score (nSPS) is 20.2. The molecule has 0 saturated carbocycles. The van der Waals surface area contributed by atoms with Crippen molar-refractivity contribution in [3.63, 3.8) is 0 Å². The fourth-order valence-electron chi connectivity index (χ4n) is 4.70. The molecule has 2 atom stereocenters. The summed E-state index contributed by atoms with van der Waals surface area (Å²) in [5, 5.41) is 11.6. The monoisotopic (exact) mass is 472 g/mol. The fourth-order valence-corrected chi connectivity index (χ4v) is 4.70. The third-order valence-corrected chi connectivity index (χ3v) is 6.80. The number of alkyl halides is 2. The molecule has 0 spiro atoms. The number of amides is 2. The van der Waals surface area contributed by atoms with Crippen molar-refractivity contribution >= 4 is 18.0 Å².